The van der Waals surface area contributed by atoms with Crippen molar-refractivity contribution in [2.75, 3.05) is 23.7 Å². The number of carboxylic acid groups (broad SMARTS) is 1. The lowest BCUT2D eigenvalue weighted by Crippen LogP contribution is -2.53. The van der Waals surface area contributed by atoms with Crippen molar-refractivity contribution >= 4 is 17.6 Å². The number of hydrogen-bond acceptors (Lipinski definition) is 4. The molecule has 124 valence electrons. The third-order valence-corrected chi connectivity index (χ3v) is 4.38. The summed E-state index contributed by atoms with van der Waals surface area (Å²) in [6.07, 6.45) is 2.73. The van der Waals surface area contributed by atoms with Gasteiger partial charge in [-0.25, -0.2) is 4.79 Å². The van der Waals surface area contributed by atoms with E-state index in [0.717, 1.165) is 31.7 Å². The highest BCUT2D eigenvalue weighted by Gasteiger charge is 2.36. The van der Waals surface area contributed by atoms with Gasteiger partial charge in [-0.2, -0.15) is 5.10 Å². The molecule has 0 saturated carbocycles. The van der Waals surface area contributed by atoms with Crippen LogP contribution in [0.25, 0.3) is 0 Å². The van der Waals surface area contributed by atoms with Crippen LogP contribution in [0.2, 0.25) is 0 Å². The molecule has 1 saturated heterocycles. The number of rotatable bonds is 3. The number of aryl methyl sites for hydroxylation is 1. The largest absolute Gasteiger partial charge is 0.465 e. The molecule has 2 heterocycles. The molecule has 0 aromatic carbocycles. The number of piperidine rings is 1. The summed E-state index contributed by atoms with van der Waals surface area (Å²) in [5, 5.41) is 16.1. The molecule has 1 aliphatic rings. The van der Waals surface area contributed by atoms with Crippen molar-refractivity contribution in [2.45, 2.75) is 39.7 Å². The molecule has 7 heteroatoms. The zero-order valence-electron chi connectivity index (χ0n) is 13.8. The van der Waals surface area contributed by atoms with Crippen LogP contribution in [0.4, 0.5) is 16.3 Å². The predicted molar refractivity (Wildman–Crippen MR) is 87.0 cm³/mol. The minimum Gasteiger partial charge on any atom is -0.465 e. The van der Waals surface area contributed by atoms with Gasteiger partial charge in [0.15, 0.2) is 0 Å². The molecule has 2 atom stereocenters. The van der Waals surface area contributed by atoms with E-state index in [4.69, 9.17) is 10.8 Å². The number of anilines is 2. The minimum atomic E-state index is -0.961. The molecule has 1 amide bonds. The Morgan fingerprint density at radius 1 is 1.55 bits per heavy atom. The van der Waals surface area contributed by atoms with E-state index in [0.29, 0.717) is 5.69 Å². The topological polar surface area (TPSA) is 96.4 Å². The van der Waals surface area contributed by atoms with Crippen LogP contribution in [-0.4, -0.2) is 40.1 Å². The number of nitrogens with zero attached hydrogens (tertiary/aromatic N) is 3. The van der Waals surface area contributed by atoms with E-state index >= 15 is 0 Å². The standard InChI is InChI=1S/C15H27N5O2/c1-15(2,3)12(18-14(21)22)10-6-5-7-20(9-10)13-11(16)8-17-19(13)4/h8,10,12,18H,5-7,9,16H2,1-4H3,(H,21,22). The van der Waals surface area contributed by atoms with Crippen LogP contribution in [0.5, 0.6) is 0 Å². The second-order valence-electron chi connectivity index (χ2n) is 7.19. The van der Waals surface area contributed by atoms with E-state index in [2.05, 4.69) is 36.1 Å². The Morgan fingerprint density at radius 3 is 2.73 bits per heavy atom. The quantitative estimate of drug-likeness (QED) is 0.792. The van der Waals surface area contributed by atoms with Gasteiger partial charge in [0.1, 0.15) is 5.82 Å². The van der Waals surface area contributed by atoms with Crippen LogP contribution in [0.3, 0.4) is 0 Å². The third kappa shape index (κ3) is 3.45. The second-order valence-corrected chi connectivity index (χ2v) is 7.19. The molecule has 1 aromatic heterocycles. The maximum Gasteiger partial charge on any atom is 0.404 e. The van der Waals surface area contributed by atoms with E-state index < -0.39 is 6.09 Å². The van der Waals surface area contributed by atoms with Crippen LogP contribution in [0.15, 0.2) is 6.20 Å². The van der Waals surface area contributed by atoms with Gasteiger partial charge in [0.25, 0.3) is 0 Å². The average molecular weight is 309 g/mol. The van der Waals surface area contributed by atoms with E-state index in [1.807, 2.05) is 7.05 Å². The molecule has 0 aliphatic carbocycles. The van der Waals surface area contributed by atoms with Gasteiger partial charge in [0.2, 0.25) is 0 Å². The lowest BCUT2D eigenvalue weighted by molar-refractivity contribution is 0.145. The summed E-state index contributed by atoms with van der Waals surface area (Å²) >= 11 is 0. The van der Waals surface area contributed by atoms with Gasteiger partial charge in [-0.15, -0.1) is 0 Å². The molecule has 1 aliphatic heterocycles. The van der Waals surface area contributed by atoms with Crippen molar-refractivity contribution in [3.05, 3.63) is 6.20 Å². The number of nitrogen functional groups attached to an aromatic ring is 1. The first-order chi connectivity index (χ1) is 10.2. The summed E-state index contributed by atoms with van der Waals surface area (Å²) in [5.74, 6) is 1.17. The Hall–Kier alpha value is -1.92. The van der Waals surface area contributed by atoms with E-state index in [1.54, 1.807) is 10.9 Å². The molecule has 7 nitrogen and oxygen atoms in total. The van der Waals surface area contributed by atoms with E-state index in [9.17, 15) is 4.79 Å². The van der Waals surface area contributed by atoms with Crippen molar-refractivity contribution in [1.82, 2.24) is 15.1 Å². The van der Waals surface area contributed by atoms with Crippen molar-refractivity contribution in [1.29, 1.82) is 0 Å². The normalized spacial score (nSPS) is 20.7. The average Bonchev–Trinajstić information content (AvgIpc) is 2.74. The first-order valence-electron chi connectivity index (χ1n) is 7.72. The van der Waals surface area contributed by atoms with Crippen molar-refractivity contribution < 1.29 is 9.90 Å². The fourth-order valence-corrected chi connectivity index (χ4v) is 3.48. The monoisotopic (exact) mass is 309 g/mol. The third-order valence-electron chi connectivity index (χ3n) is 4.38. The molecule has 2 rings (SSSR count). The number of carbonyl (C=O) groups is 1. The maximum absolute atomic E-state index is 11.2. The highest BCUT2D eigenvalue weighted by molar-refractivity contribution is 5.65. The van der Waals surface area contributed by atoms with E-state index in [1.165, 1.54) is 0 Å². The summed E-state index contributed by atoms with van der Waals surface area (Å²) < 4.78 is 1.79. The second kappa shape index (κ2) is 6.06. The summed E-state index contributed by atoms with van der Waals surface area (Å²) in [6.45, 7) is 7.93. The Kier molecular flexibility index (Phi) is 4.53. The van der Waals surface area contributed by atoms with Gasteiger partial charge in [0.05, 0.1) is 11.9 Å². The molecule has 0 radical (unpaired) electrons. The van der Waals surface area contributed by atoms with Gasteiger partial charge < -0.3 is 21.1 Å². The number of amides is 1. The van der Waals surface area contributed by atoms with Crippen LogP contribution in [0, 0.1) is 11.3 Å². The molecule has 22 heavy (non-hydrogen) atoms. The smallest absolute Gasteiger partial charge is 0.404 e. The Balaban J connectivity index is 2.20. The lowest BCUT2D eigenvalue weighted by atomic mass is 9.76. The molecule has 4 N–H and O–H groups in total. The number of hydrogen-bond donors (Lipinski definition) is 3. The Morgan fingerprint density at radius 2 is 2.23 bits per heavy atom. The van der Waals surface area contributed by atoms with E-state index in [-0.39, 0.29) is 17.4 Å². The summed E-state index contributed by atoms with van der Waals surface area (Å²) in [5.41, 5.74) is 6.56. The van der Waals surface area contributed by atoms with Crippen LogP contribution >= 0.6 is 0 Å². The zero-order valence-corrected chi connectivity index (χ0v) is 13.8. The van der Waals surface area contributed by atoms with Crippen molar-refractivity contribution in [2.24, 2.45) is 18.4 Å². The fourth-order valence-electron chi connectivity index (χ4n) is 3.48. The summed E-state index contributed by atoms with van der Waals surface area (Å²) in [6, 6.07) is -0.0951. The van der Waals surface area contributed by atoms with Gasteiger partial charge in [-0.05, 0) is 24.2 Å². The number of aromatic nitrogens is 2. The summed E-state index contributed by atoms with van der Waals surface area (Å²) in [7, 11) is 1.88. The first kappa shape index (κ1) is 16.5. The Bertz CT molecular complexity index is 515. The van der Waals surface area contributed by atoms with Gasteiger partial charge in [0, 0.05) is 26.2 Å². The molecule has 1 fully saturated rings. The SMILES string of the molecule is Cn1ncc(N)c1N1CCCC(C(NC(=O)O)C(C)(C)C)C1. The fraction of sp³-hybridized carbons (Fsp3) is 0.733. The highest BCUT2D eigenvalue weighted by atomic mass is 16.4. The Labute approximate surface area is 131 Å². The molecular formula is C15H27N5O2. The molecule has 0 spiro atoms. The molecule has 0 bridgehead atoms. The number of nitrogens with two attached hydrogens (primary N) is 1. The van der Waals surface area contributed by atoms with Gasteiger partial charge in [-0.1, -0.05) is 20.8 Å². The highest BCUT2D eigenvalue weighted by Crippen LogP contribution is 2.34. The maximum atomic E-state index is 11.2. The van der Waals surface area contributed by atoms with Crippen molar-refractivity contribution in [3.63, 3.8) is 0 Å². The summed E-state index contributed by atoms with van der Waals surface area (Å²) in [4.78, 5) is 13.4. The lowest BCUT2D eigenvalue weighted by Gasteiger charge is -2.42. The van der Waals surface area contributed by atoms with Gasteiger partial charge in [-0.3, -0.25) is 4.68 Å². The predicted octanol–water partition coefficient (Wildman–Crippen LogP) is 1.90. The van der Waals surface area contributed by atoms with Gasteiger partial charge >= 0.3 is 6.09 Å². The van der Waals surface area contributed by atoms with Crippen LogP contribution < -0.4 is 16.0 Å². The zero-order chi connectivity index (χ0) is 16.5. The molecule has 2 unspecified atom stereocenters. The van der Waals surface area contributed by atoms with Crippen LogP contribution in [0.1, 0.15) is 33.6 Å². The van der Waals surface area contributed by atoms with Crippen LogP contribution in [-0.2, 0) is 7.05 Å². The van der Waals surface area contributed by atoms with Crippen molar-refractivity contribution in [3.8, 4) is 0 Å². The minimum absolute atomic E-state index is 0.0951. The molecule has 1 aromatic rings. The number of nitrogens with one attached hydrogen (secondary N) is 1. The first-order valence-corrected chi connectivity index (χ1v) is 7.72. The molecular weight excluding hydrogens is 282 g/mol.